The zero-order valence-corrected chi connectivity index (χ0v) is 15.2. The maximum absolute atomic E-state index is 13.2. The Labute approximate surface area is 158 Å². The van der Waals surface area contributed by atoms with Gasteiger partial charge in [-0.2, -0.15) is 0 Å². The van der Waals surface area contributed by atoms with Gasteiger partial charge in [-0.05, 0) is 31.2 Å². The van der Waals surface area contributed by atoms with Crippen molar-refractivity contribution in [1.29, 1.82) is 0 Å². The van der Waals surface area contributed by atoms with E-state index in [1.165, 1.54) is 24.0 Å². The molecule has 0 heterocycles. The van der Waals surface area contributed by atoms with E-state index in [4.69, 9.17) is 4.74 Å². The summed E-state index contributed by atoms with van der Waals surface area (Å²) in [6.07, 6.45) is -1.28. The SMILES string of the molecule is C[C@@H](OC(=O)c1ccc(N(C)C)c([N+](=O)[O-])c1)C(=O)Nc1ccc(F)c(F)c1. The van der Waals surface area contributed by atoms with Gasteiger partial charge in [-0.3, -0.25) is 14.9 Å². The molecule has 0 aliphatic rings. The van der Waals surface area contributed by atoms with E-state index >= 15 is 0 Å². The lowest BCUT2D eigenvalue weighted by molar-refractivity contribution is -0.384. The number of benzene rings is 2. The van der Waals surface area contributed by atoms with E-state index in [9.17, 15) is 28.5 Å². The third kappa shape index (κ3) is 4.78. The van der Waals surface area contributed by atoms with Gasteiger partial charge >= 0.3 is 5.97 Å². The minimum Gasteiger partial charge on any atom is -0.449 e. The number of esters is 1. The fourth-order valence-corrected chi connectivity index (χ4v) is 2.27. The van der Waals surface area contributed by atoms with Crippen molar-refractivity contribution < 1.29 is 28.0 Å². The molecule has 0 spiro atoms. The van der Waals surface area contributed by atoms with Gasteiger partial charge in [0, 0.05) is 31.9 Å². The Hall–Kier alpha value is -3.56. The minimum atomic E-state index is -1.28. The summed E-state index contributed by atoms with van der Waals surface area (Å²) < 4.78 is 31.1. The molecule has 2 aromatic carbocycles. The van der Waals surface area contributed by atoms with Crippen LogP contribution in [0.1, 0.15) is 17.3 Å². The molecule has 0 aromatic heterocycles. The molecule has 28 heavy (non-hydrogen) atoms. The molecule has 10 heteroatoms. The minimum absolute atomic E-state index is 0.0160. The van der Waals surface area contributed by atoms with E-state index in [0.29, 0.717) is 5.69 Å². The van der Waals surface area contributed by atoms with Crippen molar-refractivity contribution in [2.24, 2.45) is 0 Å². The van der Waals surface area contributed by atoms with E-state index in [1.54, 1.807) is 14.1 Å². The maximum Gasteiger partial charge on any atom is 0.339 e. The Morgan fingerprint density at radius 2 is 1.82 bits per heavy atom. The molecule has 1 atom stereocenters. The molecule has 0 fully saturated rings. The summed E-state index contributed by atoms with van der Waals surface area (Å²) in [7, 11) is 3.23. The number of carbonyl (C=O) groups is 2. The third-order valence-electron chi connectivity index (χ3n) is 3.73. The van der Waals surface area contributed by atoms with Crippen LogP contribution in [0.4, 0.5) is 25.8 Å². The summed E-state index contributed by atoms with van der Waals surface area (Å²) in [6.45, 7) is 1.27. The number of nitrogens with zero attached hydrogens (tertiary/aromatic N) is 2. The Morgan fingerprint density at radius 3 is 2.39 bits per heavy atom. The molecule has 0 aliphatic carbocycles. The zero-order valence-electron chi connectivity index (χ0n) is 15.2. The van der Waals surface area contributed by atoms with Crippen LogP contribution in [0.3, 0.4) is 0 Å². The summed E-state index contributed by atoms with van der Waals surface area (Å²) >= 11 is 0. The number of amides is 1. The first kappa shape index (κ1) is 20.7. The largest absolute Gasteiger partial charge is 0.449 e. The molecule has 0 aliphatic heterocycles. The molecule has 0 unspecified atom stereocenters. The predicted octanol–water partition coefficient (Wildman–Crippen LogP) is 3.12. The number of ether oxygens (including phenoxy) is 1. The molecule has 2 rings (SSSR count). The van der Waals surface area contributed by atoms with Crippen LogP contribution in [0.2, 0.25) is 0 Å². The fourth-order valence-electron chi connectivity index (χ4n) is 2.27. The maximum atomic E-state index is 13.2. The quantitative estimate of drug-likeness (QED) is 0.460. The summed E-state index contributed by atoms with van der Waals surface area (Å²) in [5.41, 5.74) is -0.119. The fraction of sp³-hybridized carbons (Fsp3) is 0.222. The standard InChI is InChI=1S/C18H17F2N3O5/c1-10(17(24)21-12-5-6-13(19)14(20)9-12)28-18(25)11-4-7-15(22(2)3)16(8-11)23(26)27/h4-10H,1-3H3,(H,21,24)/t10-/m1/s1. The number of carbonyl (C=O) groups excluding carboxylic acids is 2. The molecule has 0 saturated heterocycles. The molecule has 0 radical (unpaired) electrons. The molecule has 8 nitrogen and oxygen atoms in total. The second kappa shape index (κ2) is 8.42. The van der Waals surface area contributed by atoms with Crippen LogP contribution in [-0.2, 0) is 9.53 Å². The Balaban J connectivity index is 2.10. The van der Waals surface area contributed by atoms with Crippen LogP contribution >= 0.6 is 0 Å². The highest BCUT2D eigenvalue weighted by molar-refractivity contribution is 5.97. The van der Waals surface area contributed by atoms with Gasteiger partial charge in [0.2, 0.25) is 0 Å². The molecular formula is C18H17F2N3O5. The average molecular weight is 393 g/mol. The van der Waals surface area contributed by atoms with Crippen molar-refractivity contribution in [3.63, 3.8) is 0 Å². The van der Waals surface area contributed by atoms with Gasteiger partial charge < -0.3 is 15.0 Å². The lowest BCUT2D eigenvalue weighted by atomic mass is 10.1. The van der Waals surface area contributed by atoms with Crippen LogP contribution in [0.5, 0.6) is 0 Å². The molecule has 1 N–H and O–H groups in total. The van der Waals surface area contributed by atoms with Crippen LogP contribution < -0.4 is 10.2 Å². The van der Waals surface area contributed by atoms with E-state index in [-0.39, 0.29) is 16.9 Å². The highest BCUT2D eigenvalue weighted by Crippen LogP contribution is 2.28. The Bertz CT molecular complexity index is 933. The number of hydrogen-bond acceptors (Lipinski definition) is 6. The molecule has 148 valence electrons. The lowest BCUT2D eigenvalue weighted by Crippen LogP contribution is -2.30. The van der Waals surface area contributed by atoms with Crippen molar-refractivity contribution in [2.75, 3.05) is 24.3 Å². The molecule has 0 saturated carbocycles. The van der Waals surface area contributed by atoms with E-state index in [2.05, 4.69) is 5.32 Å². The summed E-state index contributed by atoms with van der Waals surface area (Å²) in [5, 5.41) is 13.5. The Kier molecular flexibility index (Phi) is 6.24. The first-order valence-corrected chi connectivity index (χ1v) is 8.02. The van der Waals surface area contributed by atoms with Gasteiger partial charge in [0.15, 0.2) is 17.7 Å². The van der Waals surface area contributed by atoms with Crippen LogP contribution in [0, 0.1) is 21.7 Å². The van der Waals surface area contributed by atoms with Gasteiger partial charge in [-0.15, -0.1) is 0 Å². The van der Waals surface area contributed by atoms with Gasteiger partial charge in [0.1, 0.15) is 5.69 Å². The topological polar surface area (TPSA) is 102 Å². The average Bonchev–Trinajstić information content (AvgIpc) is 2.63. The van der Waals surface area contributed by atoms with Crippen LogP contribution in [0.15, 0.2) is 36.4 Å². The number of nitro benzene ring substituents is 1. The van der Waals surface area contributed by atoms with Gasteiger partial charge in [-0.25, -0.2) is 13.6 Å². The van der Waals surface area contributed by atoms with E-state index < -0.39 is 34.5 Å². The normalized spacial score (nSPS) is 11.5. The van der Waals surface area contributed by atoms with Crippen LogP contribution in [0.25, 0.3) is 0 Å². The van der Waals surface area contributed by atoms with Crippen molar-refractivity contribution in [1.82, 2.24) is 0 Å². The van der Waals surface area contributed by atoms with E-state index in [0.717, 1.165) is 24.3 Å². The first-order valence-electron chi connectivity index (χ1n) is 8.02. The number of anilines is 2. The molecule has 2 aromatic rings. The second-order valence-electron chi connectivity index (χ2n) is 6.02. The number of rotatable bonds is 6. The highest BCUT2D eigenvalue weighted by Gasteiger charge is 2.23. The highest BCUT2D eigenvalue weighted by atomic mass is 19.2. The van der Waals surface area contributed by atoms with Crippen molar-refractivity contribution in [3.05, 3.63) is 63.7 Å². The van der Waals surface area contributed by atoms with Crippen LogP contribution in [-0.4, -0.2) is 37.0 Å². The van der Waals surface area contributed by atoms with Crippen molar-refractivity contribution in [3.8, 4) is 0 Å². The zero-order chi connectivity index (χ0) is 21.0. The summed E-state index contributed by atoms with van der Waals surface area (Å²) in [5.74, 6) is -3.93. The smallest absolute Gasteiger partial charge is 0.339 e. The summed E-state index contributed by atoms with van der Waals surface area (Å²) in [4.78, 5) is 36.4. The summed E-state index contributed by atoms with van der Waals surface area (Å²) in [6, 6.07) is 6.55. The number of nitro groups is 1. The third-order valence-corrected chi connectivity index (χ3v) is 3.73. The van der Waals surface area contributed by atoms with Gasteiger partial charge in [0.25, 0.3) is 11.6 Å². The monoisotopic (exact) mass is 393 g/mol. The van der Waals surface area contributed by atoms with Gasteiger partial charge in [-0.1, -0.05) is 0 Å². The Morgan fingerprint density at radius 1 is 1.14 bits per heavy atom. The number of nitrogens with one attached hydrogen (secondary N) is 1. The first-order chi connectivity index (χ1) is 13.1. The predicted molar refractivity (Wildman–Crippen MR) is 97.3 cm³/mol. The second-order valence-corrected chi connectivity index (χ2v) is 6.02. The number of halogens is 2. The number of hydrogen-bond donors (Lipinski definition) is 1. The van der Waals surface area contributed by atoms with Crippen molar-refractivity contribution in [2.45, 2.75) is 13.0 Å². The molecule has 0 bridgehead atoms. The lowest BCUT2D eigenvalue weighted by Gasteiger charge is -2.15. The van der Waals surface area contributed by atoms with Crippen molar-refractivity contribution >= 4 is 28.9 Å². The molecular weight excluding hydrogens is 376 g/mol. The van der Waals surface area contributed by atoms with E-state index in [1.807, 2.05) is 0 Å². The molecule has 1 amide bonds. The van der Waals surface area contributed by atoms with Gasteiger partial charge in [0.05, 0.1) is 10.5 Å².